The second-order valence-electron chi connectivity index (χ2n) is 6.33. The van der Waals surface area contributed by atoms with Crippen molar-refractivity contribution in [3.05, 3.63) is 48.0 Å². The second kappa shape index (κ2) is 7.47. The number of hydrogen-bond acceptors (Lipinski definition) is 2. The first-order valence-electron chi connectivity index (χ1n) is 8.13. The van der Waals surface area contributed by atoms with Gasteiger partial charge in [-0.25, -0.2) is 4.79 Å². The molecule has 2 rings (SSSR count). The Hall–Kier alpha value is -2.07. The summed E-state index contributed by atoms with van der Waals surface area (Å²) < 4.78 is 0. The molecule has 0 aliphatic rings. The van der Waals surface area contributed by atoms with Gasteiger partial charge in [0.05, 0.1) is 12.1 Å². The zero-order valence-corrected chi connectivity index (χ0v) is 14.3. The van der Waals surface area contributed by atoms with Crippen molar-refractivity contribution in [3.8, 4) is 0 Å². The minimum atomic E-state index is -0.545. The molecule has 2 aromatic rings. The van der Waals surface area contributed by atoms with Crippen LogP contribution in [0.5, 0.6) is 0 Å². The smallest absolute Gasteiger partial charge is 0.318 e. The van der Waals surface area contributed by atoms with Gasteiger partial charge in [-0.15, -0.1) is 0 Å². The molecule has 0 saturated heterocycles. The quantitative estimate of drug-likeness (QED) is 0.884. The number of amides is 2. The fourth-order valence-electron chi connectivity index (χ4n) is 2.79. The molecule has 124 valence electrons. The summed E-state index contributed by atoms with van der Waals surface area (Å²) in [6.45, 7) is 7.90. The molecule has 0 fully saturated rings. The van der Waals surface area contributed by atoms with E-state index < -0.39 is 6.10 Å². The van der Waals surface area contributed by atoms with E-state index in [9.17, 15) is 9.90 Å². The van der Waals surface area contributed by atoms with Gasteiger partial charge in [0.25, 0.3) is 0 Å². The predicted octanol–water partition coefficient (Wildman–Crippen LogP) is 3.70. The van der Waals surface area contributed by atoms with Crippen LogP contribution >= 0.6 is 0 Å². The molecule has 0 heterocycles. The highest BCUT2D eigenvalue weighted by atomic mass is 16.3. The van der Waals surface area contributed by atoms with Crippen molar-refractivity contribution in [2.24, 2.45) is 0 Å². The van der Waals surface area contributed by atoms with Crippen LogP contribution in [0.2, 0.25) is 0 Å². The molecule has 2 N–H and O–H groups in total. The molecule has 0 radical (unpaired) electrons. The topological polar surface area (TPSA) is 52.6 Å². The van der Waals surface area contributed by atoms with Crippen LogP contribution in [0.4, 0.5) is 4.79 Å². The standard InChI is InChI=1S/C19H26N2O2/c1-13(2)21(12-14(3)22)19(23)20-15(4)17-11-7-9-16-8-5-6-10-18(16)17/h5-11,13-15,22H,12H2,1-4H3,(H,20,23). The highest BCUT2D eigenvalue weighted by Gasteiger charge is 2.21. The lowest BCUT2D eigenvalue weighted by atomic mass is 10.00. The number of aliphatic hydroxyl groups excluding tert-OH is 1. The third-order valence-electron chi connectivity index (χ3n) is 3.97. The molecule has 0 aliphatic carbocycles. The van der Waals surface area contributed by atoms with Crippen LogP contribution in [0.1, 0.15) is 39.3 Å². The third-order valence-corrected chi connectivity index (χ3v) is 3.97. The second-order valence-corrected chi connectivity index (χ2v) is 6.33. The van der Waals surface area contributed by atoms with Crippen molar-refractivity contribution < 1.29 is 9.90 Å². The number of hydrogen-bond donors (Lipinski definition) is 2. The Balaban J connectivity index is 2.19. The predicted molar refractivity (Wildman–Crippen MR) is 94.4 cm³/mol. The highest BCUT2D eigenvalue weighted by Crippen LogP contribution is 2.24. The Morgan fingerprint density at radius 2 is 1.74 bits per heavy atom. The van der Waals surface area contributed by atoms with Crippen molar-refractivity contribution in [1.82, 2.24) is 10.2 Å². The number of benzene rings is 2. The van der Waals surface area contributed by atoms with Crippen LogP contribution < -0.4 is 5.32 Å². The summed E-state index contributed by atoms with van der Waals surface area (Å²) in [5.41, 5.74) is 1.09. The molecule has 0 saturated carbocycles. The van der Waals surface area contributed by atoms with E-state index in [-0.39, 0.29) is 18.1 Å². The number of carbonyl (C=O) groups is 1. The molecule has 0 aromatic heterocycles. The van der Waals surface area contributed by atoms with Gasteiger partial charge in [-0.3, -0.25) is 0 Å². The lowest BCUT2D eigenvalue weighted by molar-refractivity contribution is 0.117. The molecule has 2 unspecified atom stereocenters. The summed E-state index contributed by atoms with van der Waals surface area (Å²) in [7, 11) is 0. The zero-order valence-electron chi connectivity index (χ0n) is 14.3. The maximum atomic E-state index is 12.5. The number of nitrogens with one attached hydrogen (secondary N) is 1. The van der Waals surface area contributed by atoms with Gasteiger partial charge in [0.1, 0.15) is 0 Å². The van der Waals surface area contributed by atoms with Gasteiger partial charge in [-0.2, -0.15) is 0 Å². The molecule has 2 amide bonds. The van der Waals surface area contributed by atoms with Gasteiger partial charge in [-0.1, -0.05) is 42.5 Å². The number of nitrogens with zero attached hydrogens (tertiary/aromatic N) is 1. The Kier molecular flexibility index (Phi) is 5.61. The van der Waals surface area contributed by atoms with E-state index in [4.69, 9.17) is 0 Å². The molecule has 2 atom stereocenters. The monoisotopic (exact) mass is 314 g/mol. The minimum absolute atomic E-state index is 0.0318. The average molecular weight is 314 g/mol. The number of fused-ring (bicyclic) bond motifs is 1. The molecule has 0 bridgehead atoms. The summed E-state index contributed by atoms with van der Waals surface area (Å²) in [6.07, 6.45) is -0.545. The Morgan fingerprint density at radius 1 is 1.09 bits per heavy atom. The van der Waals surface area contributed by atoms with E-state index in [1.807, 2.05) is 45.0 Å². The molecule has 4 heteroatoms. The minimum Gasteiger partial charge on any atom is -0.392 e. The van der Waals surface area contributed by atoms with Crippen LogP contribution in [-0.2, 0) is 0 Å². The molecule has 4 nitrogen and oxygen atoms in total. The molecule has 23 heavy (non-hydrogen) atoms. The lowest BCUT2D eigenvalue weighted by Gasteiger charge is -2.30. The lowest BCUT2D eigenvalue weighted by Crippen LogP contribution is -2.47. The zero-order chi connectivity index (χ0) is 17.0. The average Bonchev–Trinajstić information content (AvgIpc) is 2.51. The fraction of sp³-hybridized carbons (Fsp3) is 0.421. The first-order chi connectivity index (χ1) is 10.9. The Labute approximate surface area is 138 Å². The molecule has 0 aliphatic heterocycles. The Bertz CT molecular complexity index is 662. The van der Waals surface area contributed by atoms with Crippen molar-refractivity contribution >= 4 is 16.8 Å². The van der Waals surface area contributed by atoms with E-state index in [1.54, 1.807) is 11.8 Å². The summed E-state index contributed by atoms with van der Waals surface area (Å²) in [5.74, 6) is 0. The van der Waals surface area contributed by atoms with Gasteiger partial charge >= 0.3 is 6.03 Å². The number of carbonyl (C=O) groups excluding carboxylic acids is 1. The largest absolute Gasteiger partial charge is 0.392 e. The summed E-state index contributed by atoms with van der Waals surface area (Å²) in [5, 5.41) is 15.0. The molecule has 0 spiro atoms. The van der Waals surface area contributed by atoms with Gasteiger partial charge in [0, 0.05) is 12.6 Å². The summed E-state index contributed by atoms with van der Waals surface area (Å²) >= 11 is 0. The van der Waals surface area contributed by atoms with Gasteiger partial charge in [0.15, 0.2) is 0 Å². The van der Waals surface area contributed by atoms with E-state index in [1.165, 1.54) is 0 Å². The molecular formula is C19H26N2O2. The Morgan fingerprint density at radius 3 is 2.39 bits per heavy atom. The summed E-state index contributed by atoms with van der Waals surface area (Å²) in [4.78, 5) is 14.2. The first-order valence-corrected chi connectivity index (χ1v) is 8.13. The van der Waals surface area contributed by atoms with E-state index in [0.717, 1.165) is 16.3 Å². The van der Waals surface area contributed by atoms with Crippen LogP contribution in [0, 0.1) is 0 Å². The van der Waals surface area contributed by atoms with Gasteiger partial charge < -0.3 is 15.3 Å². The first kappa shape index (κ1) is 17.3. The van der Waals surface area contributed by atoms with Crippen LogP contribution in [0.25, 0.3) is 10.8 Å². The van der Waals surface area contributed by atoms with Crippen molar-refractivity contribution in [2.75, 3.05) is 6.54 Å². The SMILES string of the molecule is CC(O)CN(C(=O)NC(C)c1cccc2ccccc12)C(C)C. The highest BCUT2D eigenvalue weighted by molar-refractivity contribution is 5.86. The maximum absolute atomic E-state index is 12.5. The summed E-state index contributed by atoms with van der Waals surface area (Å²) in [6, 6.07) is 14.1. The van der Waals surface area contributed by atoms with Crippen LogP contribution in [0.3, 0.4) is 0 Å². The van der Waals surface area contributed by atoms with Gasteiger partial charge in [0.2, 0.25) is 0 Å². The number of aliphatic hydroxyl groups is 1. The van der Waals surface area contributed by atoms with Crippen molar-refractivity contribution in [3.63, 3.8) is 0 Å². The van der Waals surface area contributed by atoms with Crippen molar-refractivity contribution in [1.29, 1.82) is 0 Å². The van der Waals surface area contributed by atoms with E-state index in [2.05, 4.69) is 23.5 Å². The van der Waals surface area contributed by atoms with Crippen LogP contribution in [-0.4, -0.2) is 34.7 Å². The van der Waals surface area contributed by atoms with Crippen molar-refractivity contribution in [2.45, 2.75) is 45.9 Å². The van der Waals surface area contributed by atoms with E-state index in [0.29, 0.717) is 6.54 Å². The maximum Gasteiger partial charge on any atom is 0.318 e. The van der Waals surface area contributed by atoms with E-state index >= 15 is 0 Å². The molecule has 2 aromatic carbocycles. The number of rotatable bonds is 5. The van der Waals surface area contributed by atoms with Crippen LogP contribution in [0.15, 0.2) is 42.5 Å². The fourth-order valence-corrected chi connectivity index (χ4v) is 2.79. The van der Waals surface area contributed by atoms with Gasteiger partial charge in [-0.05, 0) is 44.0 Å². The normalized spacial score (nSPS) is 13.8. The third kappa shape index (κ3) is 4.23. The molecular weight excluding hydrogens is 288 g/mol. The number of urea groups is 1.